The van der Waals surface area contributed by atoms with Crippen LogP contribution in [0.1, 0.15) is 31.7 Å². The molecule has 1 atom stereocenters. The van der Waals surface area contributed by atoms with Crippen molar-refractivity contribution >= 4 is 40.0 Å². The third-order valence-electron chi connectivity index (χ3n) is 4.98. The van der Waals surface area contributed by atoms with Gasteiger partial charge >= 0.3 is 0 Å². The molecule has 0 saturated heterocycles. The van der Waals surface area contributed by atoms with Crippen LogP contribution in [0, 0.1) is 23.1 Å². The second-order valence-corrected chi connectivity index (χ2v) is 7.37. The van der Waals surface area contributed by atoms with Crippen LogP contribution in [0.2, 0.25) is 5.02 Å². The van der Waals surface area contributed by atoms with Gasteiger partial charge in [0.05, 0.1) is 16.1 Å². The Kier molecular flexibility index (Phi) is 5.01. The fourth-order valence-electron chi connectivity index (χ4n) is 3.34. The molecule has 0 radical (unpaired) electrons. The number of nitrogens with zero attached hydrogens (tertiary/aromatic N) is 3. The van der Waals surface area contributed by atoms with Gasteiger partial charge < -0.3 is 10.6 Å². The highest BCUT2D eigenvalue weighted by atomic mass is 35.5. The summed E-state index contributed by atoms with van der Waals surface area (Å²) in [4.78, 5) is 9.17. The van der Waals surface area contributed by atoms with Crippen LogP contribution < -0.4 is 10.6 Å². The third kappa shape index (κ3) is 3.71. The summed E-state index contributed by atoms with van der Waals surface area (Å²) in [6.07, 6.45) is 3.43. The Balaban J connectivity index is 1.77. The van der Waals surface area contributed by atoms with Crippen LogP contribution in [0.4, 0.5) is 21.8 Å². The summed E-state index contributed by atoms with van der Waals surface area (Å²) in [5.74, 6) is 1.18. The smallest absolute Gasteiger partial charge is 0.229 e. The number of nitrogens with one attached hydrogen (secondary N) is 2. The maximum absolute atomic E-state index is 13.4. The maximum atomic E-state index is 13.4. The molecule has 0 bridgehead atoms. The zero-order valence-corrected chi connectivity index (χ0v) is 16.1. The summed E-state index contributed by atoms with van der Waals surface area (Å²) in [6.45, 7) is 2.15. The van der Waals surface area contributed by atoms with Gasteiger partial charge in [-0.1, -0.05) is 24.6 Å². The van der Waals surface area contributed by atoms with Crippen molar-refractivity contribution in [3.63, 3.8) is 0 Å². The molecule has 1 fully saturated rings. The molecule has 1 aliphatic carbocycles. The maximum Gasteiger partial charge on any atom is 0.229 e. The first-order chi connectivity index (χ1) is 13.6. The largest absolute Gasteiger partial charge is 0.366 e. The minimum absolute atomic E-state index is 0.0154. The lowest BCUT2D eigenvalue weighted by atomic mass is 10.1. The molecule has 28 heavy (non-hydrogen) atoms. The number of para-hydroxylation sites is 1. The predicted octanol–water partition coefficient (Wildman–Crippen LogP) is 5.64. The third-order valence-corrected chi connectivity index (χ3v) is 5.27. The lowest BCUT2D eigenvalue weighted by Gasteiger charge is -2.19. The van der Waals surface area contributed by atoms with E-state index in [1.165, 1.54) is 25.0 Å². The normalized spacial score (nSPS) is 14.5. The van der Waals surface area contributed by atoms with Gasteiger partial charge in [0.1, 0.15) is 17.7 Å². The fraction of sp³-hybridized carbons (Fsp3) is 0.286. The number of anilines is 3. The van der Waals surface area contributed by atoms with E-state index in [9.17, 15) is 9.65 Å². The molecule has 1 aromatic heterocycles. The van der Waals surface area contributed by atoms with Crippen molar-refractivity contribution in [3.8, 4) is 6.07 Å². The Hall–Kier alpha value is -2.91. The summed E-state index contributed by atoms with van der Waals surface area (Å²) in [5, 5.41) is 16.9. The molecule has 2 aromatic carbocycles. The topological polar surface area (TPSA) is 73.6 Å². The molecule has 4 rings (SSSR count). The van der Waals surface area contributed by atoms with E-state index >= 15 is 0 Å². The van der Waals surface area contributed by atoms with Crippen molar-refractivity contribution in [2.45, 2.75) is 32.2 Å². The quantitative estimate of drug-likeness (QED) is 0.565. The zero-order valence-electron chi connectivity index (χ0n) is 15.3. The molecule has 3 aromatic rings. The number of aromatic nitrogens is 2. The van der Waals surface area contributed by atoms with Crippen LogP contribution >= 0.6 is 11.6 Å². The molecular formula is C21H19ClFN5. The highest BCUT2D eigenvalue weighted by Gasteiger charge is 2.30. The molecule has 1 saturated carbocycles. The molecular weight excluding hydrogens is 377 g/mol. The van der Waals surface area contributed by atoms with Gasteiger partial charge in [-0.3, -0.25) is 0 Å². The van der Waals surface area contributed by atoms with Crippen LogP contribution in [0.3, 0.4) is 0 Å². The van der Waals surface area contributed by atoms with Crippen molar-refractivity contribution in [2.24, 2.45) is 5.92 Å². The highest BCUT2D eigenvalue weighted by Crippen LogP contribution is 2.37. The van der Waals surface area contributed by atoms with E-state index in [2.05, 4.69) is 33.6 Å². The summed E-state index contributed by atoms with van der Waals surface area (Å²) >= 11 is 5.87. The van der Waals surface area contributed by atoms with E-state index in [0.717, 1.165) is 11.8 Å². The summed E-state index contributed by atoms with van der Waals surface area (Å²) in [6, 6.07) is 12.3. The highest BCUT2D eigenvalue weighted by molar-refractivity contribution is 6.31. The van der Waals surface area contributed by atoms with E-state index in [-0.39, 0.29) is 5.02 Å². The van der Waals surface area contributed by atoms with Gasteiger partial charge in [-0.15, -0.1) is 0 Å². The van der Waals surface area contributed by atoms with Gasteiger partial charge in [0.15, 0.2) is 0 Å². The van der Waals surface area contributed by atoms with E-state index in [1.54, 1.807) is 12.1 Å². The van der Waals surface area contributed by atoms with Gasteiger partial charge in [0, 0.05) is 17.1 Å². The monoisotopic (exact) mass is 395 g/mol. The first kappa shape index (κ1) is 18.5. The minimum atomic E-state index is -0.490. The Morgan fingerprint density at radius 1 is 1.29 bits per heavy atom. The van der Waals surface area contributed by atoms with Gasteiger partial charge in [-0.25, -0.2) is 9.37 Å². The van der Waals surface area contributed by atoms with Crippen molar-refractivity contribution in [2.75, 3.05) is 10.6 Å². The number of hydrogen-bond acceptors (Lipinski definition) is 5. The molecule has 1 aliphatic rings. The number of hydrogen-bond donors (Lipinski definition) is 2. The number of rotatable bonds is 6. The Bertz CT molecular complexity index is 1070. The van der Waals surface area contributed by atoms with Crippen LogP contribution in [-0.2, 0) is 0 Å². The lowest BCUT2D eigenvalue weighted by Crippen LogP contribution is -2.22. The van der Waals surface area contributed by atoms with Gasteiger partial charge in [-0.2, -0.15) is 10.2 Å². The van der Waals surface area contributed by atoms with Crippen LogP contribution in [-0.4, -0.2) is 16.0 Å². The van der Waals surface area contributed by atoms with Gasteiger partial charge in [-0.05, 0) is 55.5 Å². The Morgan fingerprint density at radius 2 is 2.11 bits per heavy atom. The first-order valence-corrected chi connectivity index (χ1v) is 9.66. The molecule has 7 heteroatoms. The first-order valence-electron chi connectivity index (χ1n) is 9.28. The molecule has 2 N–H and O–H groups in total. The zero-order chi connectivity index (χ0) is 19.7. The van der Waals surface area contributed by atoms with E-state index in [0.29, 0.717) is 40.5 Å². The SMILES string of the molecule is CCC(Nc1nc(Nc2ccc(F)c(Cl)c2)nc2c(C#N)cccc12)C1CC1. The van der Waals surface area contributed by atoms with Crippen molar-refractivity contribution in [1.82, 2.24) is 9.97 Å². The molecule has 1 unspecified atom stereocenters. The molecule has 1 heterocycles. The lowest BCUT2D eigenvalue weighted by molar-refractivity contribution is 0.615. The van der Waals surface area contributed by atoms with E-state index < -0.39 is 5.82 Å². The second kappa shape index (κ2) is 7.61. The van der Waals surface area contributed by atoms with Gasteiger partial charge in [0.2, 0.25) is 5.95 Å². The van der Waals surface area contributed by atoms with Crippen molar-refractivity contribution < 1.29 is 4.39 Å². The summed E-state index contributed by atoms with van der Waals surface area (Å²) in [5.41, 5.74) is 1.62. The van der Waals surface area contributed by atoms with E-state index in [4.69, 9.17) is 11.6 Å². The Labute approximate surface area is 167 Å². The Morgan fingerprint density at radius 3 is 2.79 bits per heavy atom. The van der Waals surface area contributed by atoms with Gasteiger partial charge in [0.25, 0.3) is 0 Å². The number of nitriles is 1. The molecule has 0 amide bonds. The summed E-state index contributed by atoms with van der Waals surface area (Å²) in [7, 11) is 0. The number of benzene rings is 2. The number of halogens is 2. The van der Waals surface area contributed by atoms with Crippen molar-refractivity contribution in [3.05, 3.63) is 52.8 Å². The minimum Gasteiger partial charge on any atom is -0.366 e. The molecule has 0 spiro atoms. The van der Waals surface area contributed by atoms with Crippen molar-refractivity contribution in [1.29, 1.82) is 5.26 Å². The summed E-state index contributed by atoms with van der Waals surface area (Å²) < 4.78 is 13.4. The molecule has 5 nitrogen and oxygen atoms in total. The van der Waals surface area contributed by atoms with Crippen LogP contribution in [0.5, 0.6) is 0 Å². The van der Waals surface area contributed by atoms with E-state index in [1.807, 2.05) is 12.1 Å². The van der Waals surface area contributed by atoms with Crippen LogP contribution in [0.25, 0.3) is 10.9 Å². The fourth-order valence-corrected chi connectivity index (χ4v) is 3.52. The molecule has 0 aliphatic heterocycles. The molecule has 142 valence electrons. The number of fused-ring (bicyclic) bond motifs is 1. The standard InChI is InChI=1S/C21H19ClFN5/c1-2-18(12-6-7-12)26-20-15-5-3-4-13(11-24)19(15)27-21(28-20)25-14-8-9-17(23)16(22)10-14/h3-5,8-10,12,18H,2,6-7H2,1H3,(H2,25,26,27,28). The average Bonchev–Trinajstić information content (AvgIpc) is 3.53. The van der Waals surface area contributed by atoms with Crippen LogP contribution in [0.15, 0.2) is 36.4 Å². The second-order valence-electron chi connectivity index (χ2n) is 6.96. The average molecular weight is 396 g/mol. The predicted molar refractivity (Wildman–Crippen MR) is 109 cm³/mol.